The Bertz CT molecular complexity index is 646. The molecule has 1 aromatic carbocycles. The van der Waals surface area contributed by atoms with E-state index in [-0.39, 0.29) is 0 Å². The summed E-state index contributed by atoms with van der Waals surface area (Å²) in [4.78, 5) is 10.6. The lowest BCUT2D eigenvalue weighted by atomic mass is 10.3. The predicted octanol–water partition coefficient (Wildman–Crippen LogP) is 2.78. The molecule has 0 spiro atoms. The van der Waals surface area contributed by atoms with E-state index in [1.165, 1.54) is 6.07 Å². The molecule has 0 aliphatic rings. The van der Waals surface area contributed by atoms with Gasteiger partial charge in [-0.25, -0.2) is 18.7 Å². The molecule has 1 heterocycles. The summed E-state index contributed by atoms with van der Waals surface area (Å²) in [5.41, 5.74) is 0.427. The Morgan fingerprint density at radius 2 is 1.77 bits per heavy atom. The van der Waals surface area contributed by atoms with Gasteiger partial charge in [0.2, 0.25) is 0 Å². The van der Waals surface area contributed by atoms with E-state index < -0.39 is 11.6 Å². The average Bonchev–Trinajstić information content (AvgIpc) is 2.42. The van der Waals surface area contributed by atoms with Crippen molar-refractivity contribution in [2.24, 2.45) is 0 Å². The van der Waals surface area contributed by atoms with Crippen LogP contribution < -0.4 is 10.6 Å². The molecule has 0 radical (unpaired) electrons. The molecule has 1 aromatic heterocycles. The van der Waals surface area contributed by atoms with E-state index in [4.69, 9.17) is 0 Å². The summed E-state index contributed by atoms with van der Waals surface area (Å²) in [6, 6.07) is 5.34. The molecule has 0 aliphatic heterocycles. The number of benzene rings is 1. The maximum atomic E-state index is 13.2. The Labute approximate surface area is 128 Å². The SMILES string of the molecule is Cc1nc(NCCN(C)C)cc(Nc2ccc(F)c(F)c2)n1. The van der Waals surface area contributed by atoms with E-state index in [1.54, 1.807) is 13.0 Å². The van der Waals surface area contributed by atoms with E-state index in [2.05, 4.69) is 25.5 Å². The minimum atomic E-state index is -0.903. The van der Waals surface area contributed by atoms with Gasteiger partial charge in [-0.15, -0.1) is 0 Å². The molecule has 5 nitrogen and oxygen atoms in total. The van der Waals surface area contributed by atoms with Crippen LogP contribution in [-0.2, 0) is 0 Å². The molecular weight excluding hydrogens is 288 g/mol. The Morgan fingerprint density at radius 1 is 1.05 bits per heavy atom. The Hall–Kier alpha value is -2.28. The molecule has 0 unspecified atom stereocenters. The highest BCUT2D eigenvalue weighted by atomic mass is 19.2. The van der Waals surface area contributed by atoms with Crippen LogP contribution in [0.25, 0.3) is 0 Å². The Kier molecular flexibility index (Phi) is 5.21. The van der Waals surface area contributed by atoms with Gasteiger partial charge in [0.15, 0.2) is 11.6 Å². The minimum Gasteiger partial charge on any atom is -0.369 e. The lowest BCUT2D eigenvalue weighted by Crippen LogP contribution is -2.21. The van der Waals surface area contributed by atoms with Gasteiger partial charge in [-0.3, -0.25) is 0 Å². The number of aryl methyl sites for hydroxylation is 1. The van der Waals surface area contributed by atoms with Crippen molar-refractivity contribution >= 4 is 17.3 Å². The van der Waals surface area contributed by atoms with Gasteiger partial charge < -0.3 is 15.5 Å². The maximum absolute atomic E-state index is 13.2. The number of halogens is 2. The van der Waals surface area contributed by atoms with Crippen LogP contribution in [0.1, 0.15) is 5.82 Å². The van der Waals surface area contributed by atoms with Crippen LogP contribution in [0.15, 0.2) is 24.3 Å². The van der Waals surface area contributed by atoms with Crippen LogP contribution in [0.5, 0.6) is 0 Å². The smallest absolute Gasteiger partial charge is 0.160 e. The number of nitrogens with zero attached hydrogens (tertiary/aromatic N) is 3. The lowest BCUT2D eigenvalue weighted by molar-refractivity contribution is 0.425. The van der Waals surface area contributed by atoms with Crippen LogP contribution >= 0.6 is 0 Å². The van der Waals surface area contributed by atoms with Gasteiger partial charge in [0, 0.05) is 30.9 Å². The van der Waals surface area contributed by atoms with E-state index in [0.29, 0.717) is 23.1 Å². The quantitative estimate of drug-likeness (QED) is 0.859. The highest BCUT2D eigenvalue weighted by molar-refractivity contribution is 5.59. The first-order valence-corrected chi connectivity index (χ1v) is 6.90. The molecule has 0 amide bonds. The van der Waals surface area contributed by atoms with E-state index in [1.807, 2.05) is 14.1 Å². The molecule has 118 valence electrons. The fourth-order valence-electron chi connectivity index (χ4n) is 1.85. The van der Waals surface area contributed by atoms with Crippen molar-refractivity contribution in [1.29, 1.82) is 0 Å². The summed E-state index contributed by atoms with van der Waals surface area (Å²) in [6.07, 6.45) is 0. The highest BCUT2D eigenvalue weighted by Gasteiger charge is 2.05. The van der Waals surface area contributed by atoms with E-state index in [0.717, 1.165) is 25.2 Å². The van der Waals surface area contributed by atoms with Gasteiger partial charge in [0.25, 0.3) is 0 Å². The Balaban J connectivity index is 2.10. The molecule has 0 saturated heterocycles. The molecule has 0 atom stereocenters. The fourth-order valence-corrected chi connectivity index (χ4v) is 1.85. The molecule has 7 heteroatoms. The fraction of sp³-hybridized carbons (Fsp3) is 0.333. The monoisotopic (exact) mass is 307 g/mol. The first-order chi connectivity index (χ1) is 10.4. The van der Waals surface area contributed by atoms with Gasteiger partial charge in [0.1, 0.15) is 17.5 Å². The summed E-state index contributed by atoms with van der Waals surface area (Å²) in [5.74, 6) is 0.000741. The number of aromatic nitrogens is 2. The molecule has 0 aliphatic carbocycles. The zero-order valence-corrected chi connectivity index (χ0v) is 12.8. The second-order valence-corrected chi connectivity index (χ2v) is 5.17. The minimum absolute atomic E-state index is 0.427. The van der Waals surface area contributed by atoms with Crippen LogP contribution in [-0.4, -0.2) is 42.1 Å². The molecular formula is C15H19F2N5. The number of hydrogen-bond acceptors (Lipinski definition) is 5. The third-order valence-electron chi connectivity index (χ3n) is 2.90. The van der Waals surface area contributed by atoms with Crippen LogP contribution in [0.4, 0.5) is 26.1 Å². The number of likely N-dealkylation sites (N-methyl/N-ethyl adjacent to an activating group) is 1. The summed E-state index contributed by atoms with van der Waals surface area (Å²) in [6.45, 7) is 3.39. The van der Waals surface area contributed by atoms with Crippen molar-refractivity contribution < 1.29 is 8.78 Å². The van der Waals surface area contributed by atoms with Crippen molar-refractivity contribution in [3.63, 3.8) is 0 Å². The molecule has 22 heavy (non-hydrogen) atoms. The summed E-state index contributed by atoms with van der Waals surface area (Å²) in [5, 5.41) is 6.14. The predicted molar refractivity (Wildman–Crippen MR) is 83.5 cm³/mol. The number of anilines is 3. The van der Waals surface area contributed by atoms with Crippen molar-refractivity contribution in [1.82, 2.24) is 14.9 Å². The normalized spacial score (nSPS) is 10.8. The van der Waals surface area contributed by atoms with E-state index in [9.17, 15) is 8.78 Å². The van der Waals surface area contributed by atoms with Crippen LogP contribution in [0, 0.1) is 18.6 Å². The average molecular weight is 307 g/mol. The first kappa shape index (κ1) is 16.1. The molecule has 0 saturated carbocycles. The maximum Gasteiger partial charge on any atom is 0.160 e. The van der Waals surface area contributed by atoms with Crippen LogP contribution in [0.3, 0.4) is 0 Å². The van der Waals surface area contributed by atoms with E-state index >= 15 is 0 Å². The van der Waals surface area contributed by atoms with Gasteiger partial charge in [-0.2, -0.15) is 0 Å². The summed E-state index contributed by atoms with van der Waals surface area (Å²) < 4.78 is 26.1. The highest BCUT2D eigenvalue weighted by Crippen LogP contribution is 2.19. The lowest BCUT2D eigenvalue weighted by Gasteiger charge is -2.12. The summed E-state index contributed by atoms with van der Waals surface area (Å²) >= 11 is 0. The first-order valence-electron chi connectivity index (χ1n) is 6.90. The van der Waals surface area contributed by atoms with Crippen molar-refractivity contribution in [3.8, 4) is 0 Å². The van der Waals surface area contributed by atoms with Crippen molar-refractivity contribution in [2.75, 3.05) is 37.8 Å². The topological polar surface area (TPSA) is 53.1 Å². The standard InChI is InChI=1S/C15H19F2N5/c1-10-19-14(18-6-7-22(2)3)9-15(20-10)21-11-4-5-12(16)13(17)8-11/h4-5,8-9H,6-7H2,1-3H3,(H2,18,19,20,21). The van der Waals surface area contributed by atoms with Crippen molar-refractivity contribution in [2.45, 2.75) is 6.92 Å². The second-order valence-electron chi connectivity index (χ2n) is 5.17. The molecule has 2 N–H and O–H groups in total. The molecule has 2 aromatic rings. The Morgan fingerprint density at radius 3 is 2.45 bits per heavy atom. The summed E-state index contributed by atoms with van der Waals surface area (Å²) in [7, 11) is 3.98. The second kappa shape index (κ2) is 7.13. The molecule has 0 bridgehead atoms. The number of nitrogens with one attached hydrogen (secondary N) is 2. The third kappa shape index (κ3) is 4.63. The number of rotatable bonds is 6. The van der Waals surface area contributed by atoms with Crippen LogP contribution in [0.2, 0.25) is 0 Å². The number of hydrogen-bond donors (Lipinski definition) is 2. The largest absolute Gasteiger partial charge is 0.369 e. The zero-order chi connectivity index (χ0) is 16.1. The van der Waals surface area contributed by atoms with Crippen molar-refractivity contribution in [3.05, 3.63) is 41.7 Å². The zero-order valence-electron chi connectivity index (χ0n) is 12.8. The molecule has 2 rings (SSSR count). The van der Waals surface area contributed by atoms with Gasteiger partial charge in [-0.1, -0.05) is 0 Å². The molecule has 0 fully saturated rings. The third-order valence-corrected chi connectivity index (χ3v) is 2.90. The van der Waals surface area contributed by atoms with Gasteiger partial charge in [0.05, 0.1) is 0 Å². The van der Waals surface area contributed by atoms with Gasteiger partial charge in [-0.05, 0) is 33.2 Å². The van der Waals surface area contributed by atoms with Gasteiger partial charge >= 0.3 is 0 Å².